The fraction of sp³-hybridized carbons (Fsp3) is 0.286. The third-order valence-electron chi connectivity index (χ3n) is 2.84. The summed E-state index contributed by atoms with van der Waals surface area (Å²) in [7, 11) is 0. The van der Waals surface area contributed by atoms with Crippen LogP contribution in [0.2, 0.25) is 0 Å². The topological polar surface area (TPSA) is 32.3 Å². The zero-order chi connectivity index (χ0) is 11.4. The number of hydrogen-bond acceptors (Lipinski definition) is 2. The summed E-state index contributed by atoms with van der Waals surface area (Å²) in [5, 5.41) is 14.6. The molecule has 0 aromatic heterocycles. The molecule has 0 saturated heterocycles. The Morgan fingerprint density at radius 3 is 2.62 bits per heavy atom. The molecule has 16 heavy (non-hydrogen) atoms. The molecule has 0 aliphatic rings. The molecule has 0 aliphatic heterocycles. The van der Waals surface area contributed by atoms with Crippen LogP contribution in [0.3, 0.4) is 0 Å². The minimum absolute atomic E-state index is 0.178. The minimum atomic E-state index is 0.178. The van der Waals surface area contributed by atoms with Gasteiger partial charge in [0.15, 0.2) is 0 Å². The largest absolute Gasteiger partial charge is 0.395 e. The van der Waals surface area contributed by atoms with Crippen LogP contribution in [-0.4, -0.2) is 18.3 Å². The summed E-state index contributed by atoms with van der Waals surface area (Å²) in [5.74, 6) is 0. The first kappa shape index (κ1) is 11.1. The van der Waals surface area contributed by atoms with E-state index in [2.05, 4.69) is 54.7 Å². The highest BCUT2D eigenvalue weighted by Gasteiger charge is 2.04. The molecule has 0 heterocycles. The van der Waals surface area contributed by atoms with Gasteiger partial charge in [-0.1, -0.05) is 36.4 Å². The zero-order valence-electron chi connectivity index (χ0n) is 9.48. The van der Waals surface area contributed by atoms with Gasteiger partial charge in [-0.25, -0.2) is 0 Å². The molecule has 0 saturated carbocycles. The molecule has 0 unspecified atom stereocenters. The van der Waals surface area contributed by atoms with Gasteiger partial charge in [-0.15, -0.1) is 0 Å². The maximum absolute atomic E-state index is 8.77. The van der Waals surface area contributed by atoms with Crippen LogP contribution >= 0.6 is 0 Å². The second-order valence-corrected chi connectivity index (χ2v) is 4.01. The van der Waals surface area contributed by atoms with Gasteiger partial charge in [0, 0.05) is 12.6 Å². The molecule has 0 aliphatic carbocycles. The molecule has 0 amide bonds. The Kier molecular flexibility index (Phi) is 3.54. The Morgan fingerprint density at radius 2 is 1.88 bits per heavy atom. The van der Waals surface area contributed by atoms with E-state index >= 15 is 0 Å². The lowest BCUT2D eigenvalue weighted by Gasteiger charge is -2.14. The van der Waals surface area contributed by atoms with Crippen molar-refractivity contribution in [2.24, 2.45) is 0 Å². The number of rotatable bonds is 4. The molecule has 2 heteroatoms. The van der Waals surface area contributed by atoms with Crippen molar-refractivity contribution in [1.29, 1.82) is 0 Å². The number of fused-ring (bicyclic) bond motifs is 1. The van der Waals surface area contributed by atoms with Gasteiger partial charge in [0.05, 0.1) is 6.61 Å². The molecular weight excluding hydrogens is 198 g/mol. The highest BCUT2D eigenvalue weighted by Crippen LogP contribution is 2.19. The Morgan fingerprint density at radius 1 is 1.12 bits per heavy atom. The van der Waals surface area contributed by atoms with Crippen LogP contribution in [0.25, 0.3) is 10.8 Å². The number of nitrogens with one attached hydrogen (secondary N) is 1. The minimum Gasteiger partial charge on any atom is -0.395 e. The molecule has 84 valence electrons. The van der Waals surface area contributed by atoms with Gasteiger partial charge in [0.2, 0.25) is 0 Å². The molecule has 0 spiro atoms. The average Bonchev–Trinajstić information content (AvgIpc) is 2.35. The predicted molar refractivity (Wildman–Crippen MR) is 67.5 cm³/mol. The van der Waals surface area contributed by atoms with Crippen molar-refractivity contribution in [3.05, 3.63) is 48.0 Å². The van der Waals surface area contributed by atoms with Gasteiger partial charge >= 0.3 is 0 Å². The Labute approximate surface area is 95.9 Å². The number of hydrogen-bond donors (Lipinski definition) is 2. The third-order valence-corrected chi connectivity index (χ3v) is 2.84. The van der Waals surface area contributed by atoms with Crippen LogP contribution in [-0.2, 0) is 0 Å². The van der Waals surface area contributed by atoms with E-state index in [-0.39, 0.29) is 12.6 Å². The molecule has 2 aromatic rings. The van der Waals surface area contributed by atoms with Gasteiger partial charge in [-0.2, -0.15) is 0 Å². The highest BCUT2D eigenvalue weighted by molar-refractivity contribution is 5.83. The molecule has 1 atom stereocenters. The van der Waals surface area contributed by atoms with Crippen molar-refractivity contribution in [3.63, 3.8) is 0 Å². The summed E-state index contributed by atoms with van der Waals surface area (Å²) in [6.07, 6.45) is 0. The summed E-state index contributed by atoms with van der Waals surface area (Å²) in [4.78, 5) is 0. The highest BCUT2D eigenvalue weighted by atomic mass is 16.3. The van der Waals surface area contributed by atoms with E-state index < -0.39 is 0 Å². The van der Waals surface area contributed by atoms with Gasteiger partial charge in [-0.05, 0) is 29.3 Å². The lowest BCUT2D eigenvalue weighted by molar-refractivity contribution is 0.286. The first-order valence-electron chi connectivity index (χ1n) is 5.64. The summed E-state index contributed by atoms with van der Waals surface area (Å²) in [6.45, 7) is 2.92. The molecular formula is C14H17NO. The summed E-state index contributed by atoms with van der Waals surface area (Å²) in [5.41, 5.74) is 1.26. The lowest BCUT2D eigenvalue weighted by atomic mass is 10.0. The second-order valence-electron chi connectivity index (χ2n) is 4.01. The maximum atomic E-state index is 8.77. The molecule has 2 N–H and O–H groups in total. The Hall–Kier alpha value is -1.38. The average molecular weight is 215 g/mol. The van der Waals surface area contributed by atoms with Crippen LogP contribution in [0, 0.1) is 0 Å². The maximum Gasteiger partial charge on any atom is 0.0556 e. The van der Waals surface area contributed by atoms with Gasteiger partial charge in [-0.3, -0.25) is 0 Å². The number of aliphatic hydroxyl groups excluding tert-OH is 1. The molecule has 2 aromatic carbocycles. The van der Waals surface area contributed by atoms with E-state index in [1.54, 1.807) is 0 Å². The predicted octanol–water partition coefficient (Wildman–Crippen LogP) is 2.48. The second kappa shape index (κ2) is 5.10. The fourth-order valence-corrected chi connectivity index (χ4v) is 1.88. The quantitative estimate of drug-likeness (QED) is 0.821. The summed E-state index contributed by atoms with van der Waals surface area (Å²) >= 11 is 0. The van der Waals surface area contributed by atoms with Crippen molar-refractivity contribution in [2.75, 3.05) is 13.2 Å². The zero-order valence-corrected chi connectivity index (χ0v) is 9.48. The van der Waals surface area contributed by atoms with E-state index in [0.717, 1.165) is 0 Å². The van der Waals surface area contributed by atoms with E-state index in [0.29, 0.717) is 6.54 Å². The molecule has 0 radical (unpaired) electrons. The van der Waals surface area contributed by atoms with Crippen LogP contribution in [0.1, 0.15) is 18.5 Å². The van der Waals surface area contributed by atoms with E-state index in [1.165, 1.54) is 16.3 Å². The van der Waals surface area contributed by atoms with Gasteiger partial charge < -0.3 is 10.4 Å². The van der Waals surface area contributed by atoms with Crippen molar-refractivity contribution in [2.45, 2.75) is 13.0 Å². The van der Waals surface area contributed by atoms with Crippen molar-refractivity contribution in [1.82, 2.24) is 5.32 Å². The van der Waals surface area contributed by atoms with Crippen molar-refractivity contribution < 1.29 is 5.11 Å². The van der Waals surface area contributed by atoms with Crippen LogP contribution in [0.4, 0.5) is 0 Å². The molecule has 2 nitrogen and oxygen atoms in total. The lowest BCUT2D eigenvalue weighted by Crippen LogP contribution is -2.21. The van der Waals surface area contributed by atoms with E-state index in [9.17, 15) is 0 Å². The van der Waals surface area contributed by atoms with Crippen molar-refractivity contribution in [3.8, 4) is 0 Å². The number of aliphatic hydroxyl groups is 1. The molecule has 2 rings (SSSR count). The first-order valence-corrected chi connectivity index (χ1v) is 5.64. The van der Waals surface area contributed by atoms with Gasteiger partial charge in [0.1, 0.15) is 0 Å². The molecule has 0 fully saturated rings. The first-order chi connectivity index (χ1) is 7.81. The van der Waals surface area contributed by atoms with E-state index in [4.69, 9.17) is 5.11 Å². The van der Waals surface area contributed by atoms with Crippen LogP contribution < -0.4 is 5.32 Å². The standard InChI is InChI=1S/C14H17NO/c1-11(15-8-9-16)13-7-6-12-4-2-3-5-14(12)10-13/h2-7,10-11,15-16H,8-9H2,1H3/t11-/m1/s1. The molecule has 0 bridgehead atoms. The van der Waals surface area contributed by atoms with Gasteiger partial charge in [0.25, 0.3) is 0 Å². The van der Waals surface area contributed by atoms with Crippen molar-refractivity contribution >= 4 is 10.8 Å². The fourth-order valence-electron chi connectivity index (χ4n) is 1.88. The SMILES string of the molecule is C[C@@H](NCCO)c1ccc2ccccc2c1. The Bertz CT molecular complexity index is 467. The summed E-state index contributed by atoms with van der Waals surface area (Å²) < 4.78 is 0. The van der Waals surface area contributed by atoms with Crippen LogP contribution in [0.5, 0.6) is 0 Å². The summed E-state index contributed by atoms with van der Waals surface area (Å²) in [6, 6.07) is 15.1. The van der Waals surface area contributed by atoms with E-state index in [1.807, 2.05) is 0 Å². The number of benzene rings is 2. The Balaban J connectivity index is 2.25. The smallest absolute Gasteiger partial charge is 0.0556 e. The monoisotopic (exact) mass is 215 g/mol. The van der Waals surface area contributed by atoms with Crippen LogP contribution in [0.15, 0.2) is 42.5 Å². The third kappa shape index (κ3) is 2.40. The normalized spacial score (nSPS) is 12.9.